The van der Waals surface area contributed by atoms with Crippen LogP contribution in [0.1, 0.15) is 38.9 Å². The normalized spacial score (nSPS) is 12.3. The third-order valence-corrected chi connectivity index (χ3v) is 2.84. The Labute approximate surface area is 107 Å². The van der Waals surface area contributed by atoms with Gasteiger partial charge in [0.05, 0.1) is 18.6 Å². The number of benzene rings is 1. The summed E-state index contributed by atoms with van der Waals surface area (Å²) in [6.07, 6.45) is -0.339. The van der Waals surface area contributed by atoms with Crippen molar-refractivity contribution in [3.8, 4) is 6.07 Å². The summed E-state index contributed by atoms with van der Waals surface area (Å²) >= 11 is 0. The van der Waals surface area contributed by atoms with E-state index in [0.29, 0.717) is 18.5 Å². The van der Waals surface area contributed by atoms with Gasteiger partial charge >= 0.3 is 0 Å². The van der Waals surface area contributed by atoms with Crippen LogP contribution in [0.5, 0.6) is 0 Å². The fourth-order valence-corrected chi connectivity index (χ4v) is 1.95. The summed E-state index contributed by atoms with van der Waals surface area (Å²) in [5.41, 5.74) is 1.35. The van der Waals surface area contributed by atoms with Gasteiger partial charge in [0, 0.05) is 23.8 Å². The topological polar surface area (TPSA) is 47.3 Å². The SMILES string of the molecule is CC(O)c1cc(F)ccc1N(CCC#N)C(C)C. The predicted octanol–water partition coefficient (Wildman–Crippen LogP) is 3.01. The number of rotatable bonds is 5. The van der Waals surface area contributed by atoms with Crippen molar-refractivity contribution < 1.29 is 9.50 Å². The van der Waals surface area contributed by atoms with Gasteiger partial charge in [-0.3, -0.25) is 0 Å². The highest BCUT2D eigenvalue weighted by Crippen LogP contribution is 2.28. The molecule has 0 aliphatic carbocycles. The molecule has 18 heavy (non-hydrogen) atoms. The maximum Gasteiger partial charge on any atom is 0.123 e. The van der Waals surface area contributed by atoms with Gasteiger partial charge in [-0.2, -0.15) is 5.26 Å². The number of anilines is 1. The molecule has 0 saturated heterocycles. The molecule has 0 aliphatic rings. The fraction of sp³-hybridized carbons (Fsp3) is 0.500. The molecule has 1 aromatic carbocycles. The molecular weight excluding hydrogens is 231 g/mol. The van der Waals surface area contributed by atoms with Crippen LogP contribution in [0.15, 0.2) is 18.2 Å². The van der Waals surface area contributed by atoms with Crippen molar-refractivity contribution >= 4 is 5.69 Å². The summed E-state index contributed by atoms with van der Waals surface area (Å²) in [7, 11) is 0. The van der Waals surface area contributed by atoms with Crippen LogP contribution in [-0.4, -0.2) is 17.7 Å². The average Bonchev–Trinajstić information content (AvgIpc) is 2.30. The minimum Gasteiger partial charge on any atom is -0.389 e. The second kappa shape index (κ2) is 6.36. The molecule has 1 rings (SSSR count). The molecule has 0 radical (unpaired) electrons. The van der Waals surface area contributed by atoms with Gasteiger partial charge in [-0.05, 0) is 39.0 Å². The van der Waals surface area contributed by atoms with Gasteiger partial charge in [0.2, 0.25) is 0 Å². The minimum absolute atomic E-state index is 0.182. The summed E-state index contributed by atoms with van der Waals surface area (Å²) in [5.74, 6) is -0.362. The van der Waals surface area contributed by atoms with E-state index in [1.807, 2.05) is 18.7 Å². The number of hydrogen-bond acceptors (Lipinski definition) is 3. The standard InChI is InChI=1S/C14H19FN2O/c1-10(2)17(8-4-7-16)14-6-5-12(15)9-13(14)11(3)18/h5-6,9-11,18H,4,8H2,1-3H3. The molecule has 1 unspecified atom stereocenters. The van der Waals surface area contributed by atoms with Gasteiger partial charge in [-0.1, -0.05) is 0 Å². The zero-order valence-corrected chi connectivity index (χ0v) is 11.0. The lowest BCUT2D eigenvalue weighted by Gasteiger charge is -2.31. The van der Waals surface area contributed by atoms with Crippen LogP contribution in [0.2, 0.25) is 0 Å². The van der Waals surface area contributed by atoms with Gasteiger partial charge < -0.3 is 10.0 Å². The lowest BCUT2D eigenvalue weighted by atomic mass is 10.1. The van der Waals surface area contributed by atoms with Crippen molar-refractivity contribution in [2.75, 3.05) is 11.4 Å². The molecule has 98 valence electrons. The first-order valence-electron chi connectivity index (χ1n) is 6.08. The molecule has 0 heterocycles. The number of aliphatic hydroxyl groups excluding tert-OH is 1. The van der Waals surface area contributed by atoms with Crippen molar-refractivity contribution in [3.05, 3.63) is 29.6 Å². The largest absolute Gasteiger partial charge is 0.389 e. The summed E-state index contributed by atoms with van der Waals surface area (Å²) in [4.78, 5) is 2.00. The Kier molecular flexibility index (Phi) is 5.11. The van der Waals surface area contributed by atoms with Gasteiger partial charge in [0.15, 0.2) is 0 Å². The fourth-order valence-electron chi connectivity index (χ4n) is 1.95. The molecule has 0 amide bonds. The van der Waals surface area contributed by atoms with E-state index in [2.05, 4.69) is 6.07 Å². The van der Waals surface area contributed by atoms with Crippen molar-refractivity contribution in [2.24, 2.45) is 0 Å². The van der Waals surface area contributed by atoms with E-state index < -0.39 is 6.10 Å². The van der Waals surface area contributed by atoms with Crippen molar-refractivity contribution in [1.82, 2.24) is 0 Å². The zero-order valence-electron chi connectivity index (χ0n) is 11.0. The maximum absolute atomic E-state index is 13.2. The van der Waals surface area contributed by atoms with E-state index in [1.54, 1.807) is 13.0 Å². The molecule has 4 heteroatoms. The zero-order chi connectivity index (χ0) is 13.7. The summed E-state index contributed by atoms with van der Waals surface area (Å²) < 4.78 is 13.2. The lowest BCUT2D eigenvalue weighted by Crippen LogP contribution is -2.32. The lowest BCUT2D eigenvalue weighted by molar-refractivity contribution is 0.199. The number of nitrogens with zero attached hydrogens (tertiary/aromatic N) is 2. The maximum atomic E-state index is 13.2. The molecule has 0 bridgehead atoms. The predicted molar refractivity (Wildman–Crippen MR) is 69.7 cm³/mol. The molecule has 0 saturated carbocycles. The van der Waals surface area contributed by atoms with Crippen molar-refractivity contribution in [3.63, 3.8) is 0 Å². The number of halogens is 1. The van der Waals surface area contributed by atoms with E-state index in [4.69, 9.17) is 5.26 Å². The summed E-state index contributed by atoms with van der Waals surface area (Å²) in [5, 5.41) is 18.4. The second-order valence-electron chi connectivity index (χ2n) is 4.57. The Bertz CT molecular complexity index is 438. The monoisotopic (exact) mass is 250 g/mol. The molecule has 0 spiro atoms. The van der Waals surface area contributed by atoms with E-state index >= 15 is 0 Å². The van der Waals surface area contributed by atoms with Gasteiger partial charge in [0.25, 0.3) is 0 Å². The van der Waals surface area contributed by atoms with Crippen LogP contribution in [0.3, 0.4) is 0 Å². The van der Waals surface area contributed by atoms with Gasteiger partial charge in [-0.15, -0.1) is 0 Å². The first kappa shape index (κ1) is 14.5. The third-order valence-electron chi connectivity index (χ3n) is 2.84. The summed E-state index contributed by atoms with van der Waals surface area (Å²) in [6.45, 7) is 6.19. The van der Waals surface area contributed by atoms with Crippen LogP contribution >= 0.6 is 0 Å². The first-order valence-corrected chi connectivity index (χ1v) is 6.08. The first-order chi connectivity index (χ1) is 8.47. The molecule has 1 atom stereocenters. The molecule has 3 nitrogen and oxygen atoms in total. The van der Waals surface area contributed by atoms with Crippen LogP contribution in [0, 0.1) is 17.1 Å². The second-order valence-corrected chi connectivity index (χ2v) is 4.57. The number of aliphatic hydroxyl groups is 1. The number of hydrogen-bond donors (Lipinski definition) is 1. The van der Waals surface area contributed by atoms with Crippen LogP contribution < -0.4 is 4.90 Å². The smallest absolute Gasteiger partial charge is 0.123 e. The van der Waals surface area contributed by atoms with Crippen molar-refractivity contribution in [1.29, 1.82) is 5.26 Å². The van der Waals surface area contributed by atoms with Crippen LogP contribution in [0.4, 0.5) is 10.1 Å². The highest BCUT2D eigenvalue weighted by Gasteiger charge is 2.17. The van der Waals surface area contributed by atoms with Crippen LogP contribution in [0.25, 0.3) is 0 Å². The molecule has 0 fully saturated rings. The van der Waals surface area contributed by atoms with Gasteiger partial charge in [-0.25, -0.2) is 4.39 Å². The molecule has 0 aromatic heterocycles. The van der Waals surface area contributed by atoms with Gasteiger partial charge in [0.1, 0.15) is 5.82 Å². The van der Waals surface area contributed by atoms with Crippen molar-refractivity contribution in [2.45, 2.75) is 39.3 Å². The minimum atomic E-state index is -0.737. The molecular formula is C14H19FN2O. The van der Waals surface area contributed by atoms with E-state index in [0.717, 1.165) is 5.69 Å². The Hall–Kier alpha value is -1.60. The Morgan fingerprint density at radius 1 is 1.39 bits per heavy atom. The average molecular weight is 250 g/mol. The van der Waals surface area contributed by atoms with E-state index in [1.165, 1.54) is 12.1 Å². The highest BCUT2D eigenvalue weighted by atomic mass is 19.1. The Morgan fingerprint density at radius 2 is 2.06 bits per heavy atom. The third kappa shape index (κ3) is 3.44. The van der Waals surface area contributed by atoms with Crippen LogP contribution in [-0.2, 0) is 0 Å². The van der Waals surface area contributed by atoms with E-state index in [-0.39, 0.29) is 11.9 Å². The van der Waals surface area contributed by atoms with E-state index in [9.17, 15) is 9.50 Å². The summed E-state index contributed by atoms with van der Waals surface area (Å²) in [6, 6.07) is 6.67. The Balaban J connectivity index is 3.15. The highest BCUT2D eigenvalue weighted by molar-refractivity contribution is 5.55. The molecule has 1 aromatic rings. The Morgan fingerprint density at radius 3 is 2.56 bits per heavy atom. The molecule has 1 N–H and O–H groups in total. The number of nitriles is 1. The quantitative estimate of drug-likeness (QED) is 0.873. The molecule has 0 aliphatic heterocycles.